The first-order chi connectivity index (χ1) is 13.5. The number of aromatic nitrogens is 2. The van der Waals surface area contributed by atoms with Gasteiger partial charge in [0, 0.05) is 4.90 Å². The van der Waals surface area contributed by atoms with Crippen molar-refractivity contribution in [3.8, 4) is 11.6 Å². The van der Waals surface area contributed by atoms with Crippen molar-refractivity contribution in [3.63, 3.8) is 0 Å². The van der Waals surface area contributed by atoms with Crippen LogP contribution in [-0.4, -0.2) is 28.0 Å². The van der Waals surface area contributed by atoms with Gasteiger partial charge in [-0.15, -0.1) is 0 Å². The third kappa shape index (κ3) is 4.44. The highest BCUT2D eigenvalue weighted by Crippen LogP contribution is 2.39. The highest BCUT2D eigenvalue weighted by molar-refractivity contribution is 7.99. The number of nitrogens with zero attached hydrogens (tertiary/aromatic N) is 3. The molecule has 0 saturated heterocycles. The maximum Gasteiger partial charge on any atom is 0.363 e. The number of hydrogen-bond acceptors (Lipinski definition) is 8. The molecule has 1 heterocycles. The number of nitro groups is 1. The van der Waals surface area contributed by atoms with Gasteiger partial charge in [0.2, 0.25) is 0 Å². The van der Waals surface area contributed by atoms with E-state index in [2.05, 4.69) is 14.7 Å². The van der Waals surface area contributed by atoms with Gasteiger partial charge in [-0.3, -0.25) is 10.1 Å². The number of aryl methyl sites for hydroxylation is 1. The summed E-state index contributed by atoms with van der Waals surface area (Å²) in [4.78, 5) is 31.3. The number of rotatable bonds is 6. The Morgan fingerprint density at radius 2 is 1.75 bits per heavy atom. The molecule has 0 spiro atoms. The van der Waals surface area contributed by atoms with Gasteiger partial charge in [0.1, 0.15) is 12.1 Å². The van der Waals surface area contributed by atoms with Crippen LogP contribution >= 0.6 is 11.8 Å². The monoisotopic (exact) mass is 397 g/mol. The van der Waals surface area contributed by atoms with Gasteiger partial charge in [0.05, 0.1) is 17.6 Å². The average Bonchev–Trinajstić information content (AvgIpc) is 2.69. The summed E-state index contributed by atoms with van der Waals surface area (Å²) in [6, 6.07) is 13.5. The molecule has 28 heavy (non-hydrogen) atoms. The summed E-state index contributed by atoms with van der Waals surface area (Å²) in [5.41, 5.74) is 1.09. The summed E-state index contributed by atoms with van der Waals surface area (Å²) in [5.74, 6) is -0.377. The van der Waals surface area contributed by atoms with E-state index < -0.39 is 10.9 Å². The molecule has 3 rings (SSSR count). The number of benzene rings is 2. The number of esters is 1. The molecule has 0 atom stereocenters. The molecule has 0 radical (unpaired) electrons. The predicted molar refractivity (Wildman–Crippen MR) is 102 cm³/mol. The van der Waals surface area contributed by atoms with Crippen molar-refractivity contribution < 1.29 is 19.2 Å². The van der Waals surface area contributed by atoms with E-state index in [1.165, 1.54) is 37.7 Å². The quantitative estimate of drug-likeness (QED) is 0.260. The second kappa shape index (κ2) is 8.49. The molecule has 3 aromatic rings. The molecule has 1 aromatic heterocycles. The van der Waals surface area contributed by atoms with Crippen molar-refractivity contribution in [3.05, 3.63) is 76.1 Å². The van der Waals surface area contributed by atoms with Gasteiger partial charge in [-0.05, 0) is 43.3 Å². The lowest BCUT2D eigenvalue weighted by Gasteiger charge is -2.08. The minimum atomic E-state index is -0.575. The van der Waals surface area contributed by atoms with E-state index in [4.69, 9.17) is 4.74 Å². The summed E-state index contributed by atoms with van der Waals surface area (Å²) >= 11 is 1.15. The topological polar surface area (TPSA) is 104 Å². The Bertz CT molecular complexity index is 1010. The van der Waals surface area contributed by atoms with Gasteiger partial charge < -0.3 is 9.47 Å². The minimum Gasteiger partial charge on any atom is -0.465 e. The molecule has 0 saturated carbocycles. The first-order valence-electron chi connectivity index (χ1n) is 8.08. The van der Waals surface area contributed by atoms with E-state index in [1.807, 2.05) is 31.2 Å². The number of ether oxygens (including phenoxy) is 2. The van der Waals surface area contributed by atoms with E-state index in [0.29, 0.717) is 11.3 Å². The highest BCUT2D eigenvalue weighted by Gasteiger charge is 2.25. The van der Waals surface area contributed by atoms with Gasteiger partial charge in [0.15, 0.2) is 5.03 Å². The summed E-state index contributed by atoms with van der Waals surface area (Å²) in [7, 11) is 1.28. The first kappa shape index (κ1) is 19.3. The van der Waals surface area contributed by atoms with Crippen LogP contribution in [-0.2, 0) is 4.74 Å². The zero-order valence-corrected chi connectivity index (χ0v) is 15.8. The first-order valence-corrected chi connectivity index (χ1v) is 8.89. The van der Waals surface area contributed by atoms with Crippen LogP contribution in [0.2, 0.25) is 0 Å². The van der Waals surface area contributed by atoms with Gasteiger partial charge in [-0.25, -0.2) is 9.78 Å². The summed E-state index contributed by atoms with van der Waals surface area (Å²) in [6.45, 7) is 1.96. The van der Waals surface area contributed by atoms with Crippen molar-refractivity contribution in [2.75, 3.05) is 7.11 Å². The molecular weight excluding hydrogens is 382 g/mol. The van der Waals surface area contributed by atoms with Gasteiger partial charge >= 0.3 is 17.5 Å². The number of carbonyl (C=O) groups excluding carboxylic acids is 1. The van der Waals surface area contributed by atoms with Crippen LogP contribution < -0.4 is 4.74 Å². The molecule has 0 unspecified atom stereocenters. The van der Waals surface area contributed by atoms with Crippen molar-refractivity contribution in [1.82, 2.24) is 9.97 Å². The molecule has 0 aliphatic heterocycles. The molecule has 0 amide bonds. The Morgan fingerprint density at radius 1 is 1.07 bits per heavy atom. The number of hydrogen-bond donors (Lipinski definition) is 0. The highest BCUT2D eigenvalue weighted by atomic mass is 32.2. The predicted octanol–water partition coefficient (Wildman–Crippen LogP) is 4.42. The SMILES string of the molecule is COC(=O)c1ccc(Oc2ncnc(Sc3ccc(C)cc3)c2[N+](=O)[O-])cc1. The van der Waals surface area contributed by atoms with Crippen molar-refractivity contribution >= 4 is 23.4 Å². The molecule has 8 nitrogen and oxygen atoms in total. The number of carbonyl (C=O) groups is 1. The zero-order valence-electron chi connectivity index (χ0n) is 15.0. The van der Waals surface area contributed by atoms with E-state index in [0.717, 1.165) is 22.2 Å². The fourth-order valence-corrected chi connectivity index (χ4v) is 3.11. The fraction of sp³-hybridized carbons (Fsp3) is 0.105. The van der Waals surface area contributed by atoms with Crippen LogP contribution in [0.15, 0.2) is 64.8 Å². The lowest BCUT2D eigenvalue weighted by atomic mass is 10.2. The second-order valence-electron chi connectivity index (χ2n) is 5.62. The third-order valence-corrected chi connectivity index (χ3v) is 4.66. The van der Waals surface area contributed by atoms with Crippen LogP contribution in [0.1, 0.15) is 15.9 Å². The van der Waals surface area contributed by atoms with Gasteiger partial charge in [-0.2, -0.15) is 4.98 Å². The second-order valence-corrected chi connectivity index (χ2v) is 6.69. The van der Waals surface area contributed by atoms with Crippen molar-refractivity contribution in [2.24, 2.45) is 0 Å². The molecule has 0 fully saturated rings. The van der Waals surface area contributed by atoms with Crippen LogP contribution in [0, 0.1) is 17.0 Å². The van der Waals surface area contributed by atoms with Crippen LogP contribution in [0.25, 0.3) is 0 Å². The Morgan fingerprint density at radius 3 is 2.36 bits per heavy atom. The molecule has 9 heteroatoms. The number of methoxy groups -OCH3 is 1. The Balaban J connectivity index is 1.89. The molecule has 0 bridgehead atoms. The molecule has 0 aliphatic carbocycles. The smallest absolute Gasteiger partial charge is 0.363 e. The lowest BCUT2D eigenvalue weighted by Crippen LogP contribution is -2.02. The Labute approximate surface area is 164 Å². The zero-order chi connectivity index (χ0) is 20.1. The maximum absolute atomic E-state index is 11.6. The van der Waals surface area contributed by atoms with Crippen LogP contribution in [0.4, 0.5) is 5.69 Å². The van der Waals surface area contributed by atoms with Crippen molar-refractivity contribution in [1.29, 1.82) is 0 Å². The molecular formula is C19H15N3O5S. The molecule has 2 aromatic carbocycles. The van der Waals surface area contributed by atoms with E-state index in [9.17, 15) is 14.9 Å². The fourth-order valence-electron chi connectivity index (χ4n) is 2.26. The standard InChI is InChI=1S/C19H15N3O5S/c1-12-3-9-15(10-4-12)28-18-16(22(24)25)17(20-11-21-18)27-14-7-5-13(6-8-14)19(23)26-2/h3-11H,1-2H3. The lowest BCUT2D eigenvalue weighted by molar-refractivity contribution is -0.389. The molecule has 0 N–H and O–H groups in total. The van der Waals surface area contributed by atoms with Crippen molar-refractivity contribution in [2.45, 2.75) is 16.8 Å². The largest absolute Gasteiger partial charge is 0.465 e. The third-order valence-electron chi connectivity index (χ3n) is 3.66. The van der Waals surface area contributed by atoms with E-state index >= 15 is 0 Å². The minimum absolute atomic E-state index is 0.171. The van der Waals surface area contributed by atoms with Gasteiger partial charge in [-0.1, -0.05) is 29.5 Å². The molecule has 0 aliphatic rings. The summed E-state index contributed by atoms with van der Waals surface area (Å²) < 4.78 is 10.2. The van der Waals surface area contributed by atoms with Gasteiger partial charge in [0.25, 0.3) is 0 Å². The van der Waals surface area contributed by atoms with Crippen LogP contribution in [0.5, 0.6) is 11.6 Å². The average molecular weight is 397 g/mol. The van der Waals surface area contributed by atoms with Crippen LogP contribution in [0.3, 0.4) is 0 Å². The Kier molecular flexibility index (Phi) is 5.85. The Hall–Kier alpha value is -3.46. The van der Waals surface area contributed by atoms with E-state index in [-0.39, 0.29) is 16.6 Å². The summed E-state index contributed by atoms with van der Waals surface area (Å²) in [5, 5.41) is 11.8. The normalized spacial score (nSPS) is 10.4. The maximum atomic E-state index is 11.6. The molecule has 142 valence electrons. The summed E-state index contributed by atoms with van der Waals surface area (Å²) in [6.07, 6.45) is 1.21. The van der Waals surface area contributed by atoms with E-state index in [1.54, 1.807) is 0 Å².